The summed E-state index contributed by atoms with van der Waals surface area (Å²) in [6.07, 6.45) is 4.15. The van der Waals surface area contributed by atoms with Gasteiger partial charge < -0.3 is 4.52 Å². The molecule has 1 aliphatic heterocycles. The maximum absolute atomic E-state index is 11.6. The smallest absolute Gasteiger partial charge is 0.151 e. The SMILES string of the molecule is CCN(Cc1cc(-c2cccnc2)no1)C1CCS(=O)(=O)C1. The van der Waals surface area contributed by atoms with Crippen molar-refractivity contribution in [1.82, 2.24) is 15.0 Å². The molecule has 2 aromatic rings. The van der Waals surface area contributed by atoms with Gasteiger partial charge in [0.2, 0.25) is 0 Å². The van der Waals surface area contributed by atoms with Crippen LogP contribution in [0.3, 0.4) is 0 Å². The fraction of sp³-hybridized carbons (Fsp3) is 0.467. The van der Waals surface area contributed by atoms with Crippen LogP contribution in [0.4, 0.5) is 0 Å². The maximum Gasteiger partial charge on any atom is 0.151 e. The Kier molecular flexibility index (Phi) is 4.26. The molecule has 0 aromatic carbocycles. The summed E-state index contributed by atoms with van der Waals surface area (Å²) < 4.78 is 28.7. The maximum atomic E-state index is 11.6. The molecule has 0 radical (unpaired) electrons. The predicted molar refractivity (Wildman–Crippen MR) is 82.9 cm³/mol. The van der Waals surface area contributed by atoms with Gasteiger partial charge in [-0.3, -0.25) is 9.88 Å². The van der Waals surface area contributed by atoms with Gasteiger partial charge in [-0.25, -0.2) is 8.42 Å². The van der Waals surface area contributed by atoms with Crippen LogP contribution in [0.2, 0.25) is 0 Å². The van der Waals surface area contributed by atoms with Gasteiger partial charge in [0.05, 0.1) is 18.1 Å². The van der Waals surface area contributed by atoms with Crippen LogP contribution >= 0.6 is 0 Å². The van der Waals surface area contributed by atoms with E-state index < -0.39 is 9.84 Å². The van der Waals surface area contributed by atoms with E-state index in [1.165, 1.54) is 0 Å². The molecule has 3 heterocycles. The van der Waals surface area contributed by atoms with E-state index in [9.17, 15) is 8.42 Å². The third-order valence-electron chi connectivity index (χ3n) is 4.01. The molecule has 1 saturated heterocycles. The fourth-order valence-electron chi connectivity index (χ4n) is 2.80. The van der Waals surface area contributed by atoms with Gasteiger partial charge in [0.15, 0.2) is 15.6 Å². The Morgan fingerprint density at radius 2 is 2.32 bits per heavy atom. The lowest BCUT2D eigenvalue weighted by Crippen LogP contribution is -2.35. The van der Waals surface area contributed by atoms with Gasteiger partial charge in [-0.2, -0.15) is 0 Å². The molecular weight excluding hydrogens is 302 g/mol. The van der Waals surface area contributed by atoms with Crippen molar-refractivity contribution in [3.05, 3.63) is 36.4 Å². The Labute approximate surface area is 130 Å². The van der Waals surface area contributed by atoms with Gasteiger partial charge in [-0.15, -0.1) is 0 Å². The van der Waals surface area contributed by atoms with E-state index in [-0.39, 0.29) is 17.5 Å². The first-order valence-electron chi connectivity index (χ1n) is 7.38. The van der Waals surface area contributed by atoms with E-state index in [1.54, 1.807) is 12.4 Å². The summed E-state index contributed by atoms with van der Waals surface area (Å²) in [6, 6.07) is 5.74. The summed E-state index contributed by atoms with van der Waals surface area (Å²) in [5.41, 5.74) is 1.65. The van der Waals surface area contributed by atoms with Crippen LogP contribution in [0.5, 0.6) is 0 Å². The zero-order valence-electron chi connectivity index (χ0n) is 12.5. The highest BCUT2D eigenvalue weighted by molar-refractivity contribution is 7.91. The van der Waals surface area contributed by atoms with Crippen LogP contribution < -0.4 is 0 Å². The molecular formula is C15H19N3O3S. The summed E-state index contributed by atoms with van der Waals surface area (Å²) in [7, 11) is -2.88. The highest BCUT2D eigenvalue weighted by Gasteiger charge is 2.32. The lowest BCUT2D eigenvalue weighted by molar-refractivity contribution is 0.190. The molecule has 3 rings (SSSR count). The van der Waals surface area contributed by atoms with Gasteiger partial charge in [0, 0.05) is 30.1 Å². The number of hydrogen-bond donors (Lipinski definition) is 0. The second-order valence-electron chi connectivity index (χ2n) is 5.54. The van der Waals surface area contributed by atoms with Gasteiger partial charge in [0.25, 0.3) is 0 Å². The number of pyridine rings is 1. The average Bonchev–Trinajstić information content (AvgIpc) is 3.12. The Bertz CT molecular complexity index is 728. The summed E-state index contributed by atoms with van der Waals surface area (Å²) in [6.45, 7) is 3.39. The third-order valence-corrected chi connectivity index (χ3v) is 5.76. The highest BCUT2D eigenvalue weighted by atomic mass is 32.2. The molecule has 0 spiro atoms. The van der Waals surface area contributed by atoms with Crippen LogP contribution in [-0.4, -0.2) is 47.6 Å². The van der Waals surface area contributed by atoms with Crippen LogP contribution in [-0.2, 0) is 16.4 Å². The van der Waals surface area contributed by atoms with E-state index in [2.05, 4.69) is 15.0 Å². The minimum Gasteiger partial charge on any atom is -0.359 e. The molecule has 0 bridgehead atoms. The molecule has 0 amide bonds. The van der Waals surface area contributed by atoms with Crippen molar-refractivity contribution in [1.29, 1.82) is 0 Å². The van der Waals surface area contributed by atoms with Crippen molar-refractivity contribution >= 4 is 9.84 Å². The number of aromatic nitrogens is 2. The standard InChI is InChI=1S/C15H19N3O3S/c1-2-18(13-5-7-22(19,20)11-13)10-14-8-15(17-21-14)12-4-3-6-16-9-12/h3-4,6,8-9,13H,2,5,7,10-11H2,1H3. The zero-order chi connectivity index (χ0) is 15.6. The number of sulfone groups is 1. The minimum absolute atomic E-state index is 0.0712. The molecule has 7 heteroatoms. The van der Waals surface area contributed by atoms with Crippen LogP contribution in [0.15, 0.2) is 35.1 Å². The van der Waals surface area contributed by atoms with Gasteiger partial charge in [-0.05, 0) is 25.1 Å². The van der Waals surface area contributed by atoms with Crippen molar-refractivity contribution < 1.29 is 12.9 Å². The Balaban J connectivity index is 1.71. The zero-order valence-corrected chi connectivity index (χ0v) is 13.3. The summed E-state index contributed by atoms with van der Waals surface area (Å²) in [5.74, 6) is 1.26. The first-order chi connectivity index (χ1) is 10.6. The topological polar surface area (TPSA) is 76.3 Å². The number of rotatable bonds is 5. The van der Waals surface area contributed by atoms with Crippen LogP contribution in [0, 0.1) is 0 Å². The largest absolute Gasteiger partial charge is 0.359 e. The first-order valence-corrected chi connectivity index (χ1v) is 9.20. The Morgan fingerprint density at radius 3 is 2.95 bits per heavy atom. The van der Waals surface area contributed by atoms with Crippen LogP contribution in [0.25, 0.3) is 11.3 Å². The summed E-state index contributed by atoms with van der Waals surface area (Å²) >= 11 is 0. The van der Waals surface area contributed by atoms with Crippen molar-refractivity contribution in [2.75, 3.05) is 18.1 Å². The Morgan fingerprint density at radius 1 is 1.45 bits per heavy atom. The number of nitrogens with zero attached hydrogens (tertiary/aromatic N) is 3. The van der Waals surface area contributed by atoms with E-state index >= 15 is 0 Å². The minimum atomic E-state index is -2.88. The van der Waals surface area contributed by atoms with Crippen LogP contribution in [0.1, 0.15) is 19.1 Å². The van der Waals surface area contributed by atoms with Crippen molar-refractivity contribution in [3.63, 3.8) is 0 Å². The van der Waals surface area contributed by atoms with Crippen molar-refractivity contribution in [3.8, 4) is 11.3 Å². The first kappa shape index (κ1) is 15.2. The molecule has 1 unspecified atom stereocenters. The molecule has 118 valence electrons. The Hall–Kier alpha value is -1.73. The lowest BCUT2D eigenvalue weighted by Gasteiger charge is -2.24. The third kappa shape index (κ3) is 3.36. The van der Waals surface area contributed by atoms with Gasteiger partial charge in [0.1, 0.15) is 5.69 Å². The van der Waals surface area contributed by atoms with E-state index in [0.717, 1.165) is 23.6 Å². The molecule has 1 aliphatic rings. The molecule has 0 N–H and O–H groups in total. The number of hydrogen-bond acceptors (Lipinski definition) is 6. The molecule has 1 fully saturated rings. The molecule has 2 aromatic heterocycles. The second kappa shape index (κ2) is 6.18. The highest BCUT2D eigenvalue weighted by Crippen LogP contribution is 2.22. The molecule has 6 nitrogen and oxygen atoms in total. The average molecular weight is 321 g/mol. The molecule has 0 saturated carbocycles. The monoisotopic (exact) mass is 321 g/mol. The molecule has 1 atom stereocenters. The molecule has 0 aliphatic carbocycles. The van der Waals surface area contributed by atoms with Gasteiger partial charge >= 0.3 is 0 Å². The van der Waals surface area contributed by atoms with E-state index in [0.29, 0.717) is 13.0 Å². The van der Waals surface area contributed by atoms with Crippen molar-refractivity contribution in [2.45, 2.75) is 25.9 Å². The van der Waals surface area contributed by atoms with E-state index in [1.807, 2.05) is 25.1 Å². The van der Waals surface area contributed by atoms with E-state index in [4.69, 9.17) is 4.52 Å². The quantitative estimate of drug-likeness (QED) is 0.835. The lowest BCUT2D eigenvalue weighted by atomic mass is 10.2. The predicted octanol–water partition coefficient (Wildman–Crippen LogP) is 1.75. The second-order valence-corrected chi connectivity index (χ2v) is 7.77. The normalized spacial score (nSPS) is 20.5. The molecule has 22 heavy (non-hydrogen) atoms. The summed E-state index contributed by atoms with van der Waals surface area (Å²) in [4.78, 5) is 6.20. The fourth-order valence-corrected chi connectivity index (χ4v) is 4.56. The van der Waals surface area contributed by atoms with Crippen molar-refractivity contribution in [2.24, 2.45) is 0 Å². The van der Waals surface area contributed by atoms with Gasteiger partial charge in [-0.1, -0.05) is 12.1 Å². The summed E-state index contributed by atoms with van der Waals surface area (Å²) in [5, 5.41) is 4.07.